The summed E-state index contributed by atoms with van der Waals surface area (Å²) in [5.41, 5.74) is 1.50. The highest BCUT2D eigenvalue weighted by molar-refractivity contribution is 6.29. The van der Waals surface area contributed by atoms with Crippen molar-refractivity contribution in [3.05, 3.63) is 58.9 Å². The fourth-order valence-electron chi connectivity index (χ4n) is 2.31. The van der Waals surface area contributed by atoms with Crippen LogP contribution in [0.2, 0.25) is 5.15 Å². The van der Waals surface area contributed by atoms with Crippen LogP contribution < -0.4 is 10.1 Å². The fraction of sp³-hybridized carbons (Fsp3) is 0.294. The van der Waals surface area contributed by atoms with E-state index in [1.54, 1.807) is 19.2 Å². The van der Waals surface area contributed by atoms with Crippen LogP contribution in [0, 0.1) is 0 Å². The highest BCUT2D eigenvalue weighted by Gasteiger charge is 2.19. The number of hydrogen-bond donors (Lipinski definition) is 1. The summed E-state index contributed by atoms with van der Waals surface area (Å²) in [7, 11) is 5.57. The van der Waals surface area contributed by atoms with Gasteiger partial charge in [0.25, 0.3) is 5.91 Å². The van der Waals surface area contributed by atoms with Gasteiger partial charge in [0, 0.05) is 18.3 Å². The normalized spacial score (nSPS) is 12.0. The van der Waals surface area contributed by atoms with Crippen LogP contribution in [-0.2, 0) is 0 Å². The molecule has 1 aromatic heterocycles. The van der Waals surface area contributed by atoms with E-state index in [2.05, 4.69) is 10.3 Å². The number of aromatic nitrogens is 1. The summed E-state index contributed by atoms with van der Waals surface area (Å²) in [6.45, 7) is 0.453. The van der Waals surface area contributed by atoms with Gasteiger partial charge in [-0.05, 0) is 32.3 Å². The zero-order chi connectivity index (χ0) is 16.8. The maximum atomic E-state index is 12.2. The lowest BCUT2D eigenvalue weighted by Gasteiger charge is -2.26. The van der Waals surface area contributed by atoms with Crippen LogP contribution in [0.4, 0.5) is 0 Å². The molecule has 122 valence electrons. The SMILES string of the molecule is COc1ccccc1C(CNC(=O)c1ccc(Cl)nc1)N(C)C. The van der Waals surface area contributed by atoms with Gasteiger partial charge in [-0.3, -0.25) is 4.79 Å². The minimum Gasteiger partial charge on any atom is -0.496 e. The van der Waals surface area contributed by atoms with Crippen molar-refractivity contribution in [2.45, 2.75) is 6.04 Å². The van der Waals surface area contributed by atoms with Crippen molar-refractivity contribution in [2.75, 3.05) is 27.7 Å². The van der Waals surface area contributed by atoms with Crippen LogP contribution >= 0.6 is 11.6 Å². The van der Waals surface area contributed by atoms with Crippen molar-refractivity contribution < 1.29 is 9.53 Å². The minimum atomic E-state index is -0.184. The third-order valence-corrected chi connectivity index (χ3v) is 3.79. The Kier molecular flexibility index (Phi) is 5.96. The van der Waals surface area contributed by atoms with E-state index in [0.717, 1.165) is 11.3 Å². The molecule has 1 amide bonds. The number of halogens is 1. The van der Waals surface area contributed by atoms with Crippen molar-refractivity contribution in [3.63, 3.8) is 0 Å². The van der Waals surface area contributed by atoms with Crippen molar-refractivity contribution in [3.8, 4) is 5.75 Å². The maximum absolute atomic E-state index is 12.2. The van der Waals surface area contributed by atoms with Gasteiger partial charge >= 0.3 is 0 Å². The number of carbonyl (C=O) groups is 1. The number of pyridine rings is 1. The average Bonchev–Trinajstić information content (AvgIpc) is 2.55. The number of methoxy groups -OCH3 is 1. The van der Waals surface area contributed by atoms with E-state index in [0.29, 0.717) is 17.3 Å². The molecule has 1 aromatic carbocycles. The topological polar surface area (TPSA) is 54.5 Å². The van der Waals surface area contributed by atoms with Crippen molar-refractivity contribution >= 4 is 17.5 Å². The first-order valence-electron chi connectivity index (χ1n) is 7.22. The highest BCUT2D eigenvalue weighted by Crippen LogP contribution is 2.27. The number of carbonyl (C=O) groups excluding carboxylic acids is 1. The number of para-hydroxylation sites is 1. The molecule has 0 radical (unpaired) electrons. The fourth-order valence-corrected chi connectivity index (χ4v) is 2.43. The number of amides is 1. The molecule has 1 atom stereocenters. The maximum Gasteiger partial charge on any atom is 0.252 e. The quantitative estimate of drug-likeness (QED) is 0.826. The molecule has 0 spiro atoms. The standard InChI is InChI=1S/C17H20ClN3O2/c1-21(2)14(13-6-4-5-7-15(13)23-3)11-20-17(22)12-8-9-16(18)19-10-12/h4-10,14H,11H2,1-3H3,(H,20,22). The number of benzene rings is 1. The van der Waals surface area contributed by atoms with Crippen molar-refractivity contribution in [1.29, 1.82) is 0 Å². The van der Waals surface area contributed by atoms with Gasteiger partial charge in [-0.15, -0.1) is 0 Å². The molecular weight excluding hydrogens is 314 g/mol. The van der Waals surface area contributed by atoms with E-state index in [1.807, 2.05) is 43.3 Å². The van der Waals surface area contributed by atoms with Crippen LogP contribution in [0.5, 0.6) is 5.75 Å². The Morgan fingerprint density at radius 2 is 2.04 bits per heavy atom. The third-order valence-electron chi connectivity index (χ3n) is 3.57. The Morgan fingerprint density at radius 1 is 1.30 bits per heavy atom. The molecule has 0 saturated carbocycles. The van der Waals surface area contributed by atoms with Crippen LogP contribution in [0.3, 0.4) is 0 Å². The smallest absolute Gasteiger partial charge is 0.252 e. The average molecular weight is 334 g/mol. The molecule has 6 heteroatoms. The van der Waals surface area contributed by atoms with Gasteiger partial charge in [0.1, 0.15) is 10.9 Å². The molecule has 23 heavy (non-hydrogen) atoms. The van der Waals surface area contributed by atoms with Gasteiger partial charge < -0.3 is 15.0 Å². The zero-order valence-corrected chi connectivity index (χ0v) is 14.2. The van der Waals surface area contributed by atoms with E-state index in [4.69, 9.17) is 16.3 Å². The zero-order valence-electron chi connectivity index (χ0n) is 13.4. The minimum absolute atomic E-state index is 0.00430. The summed E-state index contributed by atoms with van der Waals surface area (Å²) in [5, 5.41) is 3.29. The molecule has 0 bridgehead atoms. The van der Waals surface area contributed by atoms with Gasteiger partial charge in [0.15, 0.2) is 0 Å². The monoisotopic (exact) mass is 333 g/mol. The van der Waals surface area contributed by atoms with Gasteiger partial charge in [-0.25, -0.2) is 4.98 Å². The molecule has 2 rings (SSSR count). The Hall–Kier alpha value is -2.11. The predicted molar refractivity (Wildman–Crippen MR) is 91.0 cm³/mol. The second kappa shape index (κ2) is 7.94. The molecular formula is C17H20ClN3O2. The summed E-state index contributed by atoms with van der Waals surface area (Å²) in [6.07, 6.45) is 1.46. The van der Waals surface area contributed by atoms with Gasteiger partial charge in [0.2, 0.25) is 0 Å². The first-order valence-corrected chi connectivity index (χ1v) is 7.60. The largest absolute Gasteiger partial charge is 0.496 e. The van der Waals surface area contributed by atoms with Gasteiger partial charge in [0.05, 0.1) is 18.7 Å². The summed E-state index contributed by atoms with van der Waals surface area (Å²) in [6, 6.07) is 11.0. The van der Waals surface area contributed by atoms with Crippen LogP contribution in [0.15, 0.2) is 42.6 Å². The summed E-state index contributed by atoms with van der Waals surface area (Å²) < 4.78 is 5.42. The van der Waals surface area contributed by atoms with E-state index in [1.165, 1.54) is 6.20 Å². The predicted octanol–water partition coefficient (Wildman–Crippen LogP) is 2.78. The van der Waals surface area contributed by atoms with Crippen LogP contribution in [-0.4, -0.2) is 43.5 Å². The Bertz CT molecular complexity index is 659. The molecule has 1 N–H and O–H groups in total. The Morgan fingerprint density at radius 3 is 2.65 bits per heavy atom. The lowest BCUT2D eigenvalue weighted by Crippen LogP contribution is -2.34. The summed E-state index contributed by atoms with van der Waals surface area (Å²) in [4.78, 5) is 18.2. The van der Waals surface area contributed by atoms with E-state index in [9.17, 15) is 4.79 Å². The van der Waals surface area contributed by atoms with Gasteiger partial charge in [-0.2, -0.15) is 0 Å². The Balaban J connectivity index is 2.11. The van der Waals surface area contributed by atoms with E-state index >= 15 is 0 Å². The van der Waals surface area contributed by atoms with Crippen LogP contribution in [0.25, 0.3) is 0 Å². The van der Waals surface area contributed by atoms with Crippen molar-refractivity contribution in [1.82, 2.24) is 15.2 Å². The molecule has 2 aromatic rings. The first-order chi connectivity index (χ1) is 11.0. The highest BCUT2D eigenvalue weighted by atomic mass is 35.5. The summed E-state index contributed by atoms with van der Waals surface area (Å²) in [5.74, 6) is 0.615. The number of nitrogens with zero attached hydrogens (tertiary/aromatic N) is 2. The third kappa shape index (κ3) is 4.43. The molecule has 1 unspecified atom stereocenters. The van der Waals surface area contributed by atoms with E-state index in [-0.39, 0.29) is 11.9 Å². The number of nitrogens with one attached hydrogen (secondary N) is 1. The summed E-state index contributed by atoms with van der Waals surface area (Å²) >= 11 is 5.74. The first kappa shape index (κ1) is 17.2. The van der Waals surface area contributed by atoms with Crippen molar-refractivity contribution in [2.24, 2.45) is 0 Å². The molecule has 0 fully saturated rings. The molecule has 0 aliphatic rings. The Labute approximate surface area is 141 Å². The number of rotatable bonds is 6. The lowest BCUT2D eigenvalue weighted by atomic mass is 10.0. The lowest BCUT2D eigenvalue weighted by molar-refractivity contribution is 0.0941. The second-order valence-corrected chi connectivity index (χ2v) is 5.69. The molecule has 0 saturated heterocycles. The number of hydrogen-bond acceptors (Lipinski definition) is 4. The number of likely N-dealkylation sites (N-methyl/N-ethyl adjacent to an activating group) is 1. The second-order valence-electron chi connectivity index (χ2n) is 5.30. The number of ether oxygens (including phenoxy) is 1. The molecule has 0 aliphatic heterocycles. The molecule has 1 heterocycles. The van der Waals surface area contributed by atoms with Gasteiger partial charge in [-0.1, -0.05) is 29.8 Å². The van der Waals surface area contributed by atoms with E-state index < -0.39 is 0 Å². The molecule has 5 nitrogen and oxygen atoms in total. The van der Waals surface area contributed by atoms with Crippen LogP contribution in [0.1, 0.15) is 22.0 Å². The molecule has 0 aliphatic carbocycles.